The van der Waals surface area contributed by atoms with Crippen LogP contribution < -0.4 is 5.73 Å². The van der Waals surface area contributed by atoms with E-state index in [1.165, 1.54) is 6.07 Å². The molecule has 4 aromatic rings. The van der Waals surface area contributed by atoms with Gasteiger partial charge < -0.3 is 15.8 Å². The Balaban J connectivity index is 1.64. The van der Waals surface area contributed by atoms with Crippen molar-refractivity contribution in [3.05, 3.63) is 48.0 Å². The first-order valence-corrected chi connectivity index (χ1v) is 10.3. The Morgan fingerprint density at radius 2 is 1.97 bits per heavy atom. The maximum atomic E-state index is 13.5. The monoisotopic (exact) mass is 443 g/mol. The summed E-state index contributed by atoms with van der Waals surface area (Å²) in [5, 5.41) is 9.69. The van der Waals surface area contributed by atoms with E-state index in [1.807, 2.05) is 4.40 Å². The number of carboxylic acid groups (broad SMARTS) is 1. The van der Waals surface area contributed by atoms with Crippen molar-refractivity contribution >= 4 is 28.2 Å². The topological polar surface area (TPSA) is 109 Å². The number of aromatic nitrogens is 4. The van der Waals surface area contributed by atoms with Crippen LogP contribution in [0.5, 0.6) is 0 Å². The molecule has 0 radical (unpaired) electrons. The maximum absolute atomic E-state index is 13.5. The SMILES string of the molecule is Nc1nccn2c1c(-c1cc3cccc(C(F)(F)F)c3[nH]1)nc2[C@H]1CC[C@H](C(=O)O)CC1. The molecule has 5 rings (SSSR count). The highest BCUT2D eigenvalue weighted by Crippen LogP contribution is 2.40. The van der Waals surface area contributed by atoms with Crippen molar-refractivity contribution in [3.8, 4) is 11.4 Å². The normalized spacial score (nSPS) is 19.6. The summed E-state index contributed by atoms with van der Waals surface area (Å²) in [6.07, 6.45) is 1.19. The van der Waals surface area contributed by atoms with Crippen molar-refractivity contribution < 1.29 is 23.1 Å². The van der Waals surface area contributed by atoms with Gasteiger partial charge in [-0.3, -0.25) is 9.20 Å². The molecule has 1 fully saturated rings. The third-order valence-electron chi connectivity index (χ3n) is 6.27. The van der Waals surface area contributed by atoms with Gasteiger partial charge in [-0.15, -0.1) is 0 Å². The van der Waals surface area contributed by atoms with Crippen LogP contribution in [0, 0.1) is 5.92 Å². The molecule has 7 nitrogen and oxygen atoms in total. The van der Waals surface area contributed by atoms with Crippen molar-refractivity contribution in [1.82, 2.24) is 19.4 Å². The number of anilines is 1. The third kappa shape index (κ3) is 3.26. The van der Waals surface area contributed by atoms with Gasteiger partial charge in [-0.25, -0.2) is 9.97 Å². The van der Waals surface area contributed by atoms with Gasteiger partial charge in [0.1, 0.15) is 22.9 Å². The fourth-order valence-electron chi connectivity index (χ4n) is 4.68. The number of alkyl halides is 3. The van der Waals surface area contributed by atoms with Gasteiger partial charge in [-0.2, -0.15) is 13.2 Å². The minimum absolute atomic E-state index is 0.0119. The number of rotatable bonds is 3. The van der Waals surface area contributed by atoms with E-state index < -0.39 is 17.7 Å². The minimum atomic E-state index is -4.49. The Bertz CT molecular complexity index is 1330. The smallest absolute Gasteiger partial charge is 0.418 e. The quantitative estimate of drug-likeness (QED) is 0.420. The second kappa shape index (κ2) is 7.25. The summed E-state index contributed by atoms with van der Waals surface area (Å²) in [4.78, 5) is 23.1. The predicted molar refractivity (Wildman–Crippen MR) is 112 cm³/mol. The van der Waals surface area contributed by atoms with Gasteiger partial charge in [0.05, 0.1) is 22.7 Å². The fraction of sp³-hybridized carbons (Fsp3) is 0.318. The molecular weight excluding hydrogens is 423 g/mol. The number of fused-ring (bicyclic) bond motifs is 2. The molecule has 166 valence electrons. The van der Waals surface area contributed by atoms with Crippen LogP contribution in [-0.2, 0) is 11.0 Å². The molecule has 32 heavy (non-hydrogen) atoms. The second-order valence-corrected chi connectivity index (χ2v) is 8.19. The molecule has 0 unspecified atom stereocenters. The van der Waals surface area contributed by atoms with Crippen LogP contribution in [0.4, 0.5) is 19.0 Å². The van der Waals surface area contributed by atoms with Crippen LogP contribution in [-0.4, -0.2) is 30.4 Å². The molecular formula is C22H20F3N5O2. The fourth-order valence-corrected chi connectivity index (χ4v) is 4.68. The molecule has 1 aliphatic rings. The van der Waals surface area contributed by atoms with Gasteiger partial charge in [-0.05, 0) is 37.8 Å². The number of imidazole rings is 1. The van der Waals surface area contributed by atoms with Gasteiger partial charge in [0.15, 0.2) is 0 Å². The Labute approximate surface area is 180 Å². The highest BCUT2D eigenvalue weighted by molar-refractivity contribution is 5.92. The second-order valence-electron chi connectivity index (χ2n) is 8.19. The van der Waals surface area contributed by atoms with Gasteiger partial charge in [0.2, 0.25) is 0 Å². The molecule has 0 aliphatic heterocycles. The molecule has 1 aliphatic carbocycles. The van der Waals surface area contributed by atoms with Crippen molar-refractivity contribution in [2.24, 2.45) is 5.92 Å². The summed E-state index contributed by atoms with van der Waals surface area (Å²) in [5.74, 6) is -0.205. The molecule has 0 atom stereocenters. The zero-order valence-corrected chi connectivity index (χ0v) is 16.9. The number of hydrogen-bond donors (Lipinski definition) is 3. The minimum Gasteiger partial charge on any atom is -0.481 e. The number of aliphatic carboxylic acids is 1. The number of nitrogens with two attached hydrogens (primary N) is 1. The first kappa shape index (κ1) is 20.3. The number of aromatic amines is 1. The highest BCUT2D eigenvalue weighted by Gasteiger charge is 2.34. The van der Waals surface area contributed by atoms with Crippen LogP contribution in [0.25, 0.3) is 27.8 Å². The maximum Gasteiger partial charge on any atom is 0.418 e. The Morgan fingerprint density at radius 3 is 2.66 bits per heavy atom. The van der Waals surface area contributed by atoms with E-state index in [2.05, 4.69) is 9.97 Å². The van der Waals surface area contributed by atoms with Crippen LogP contribution in [0.3, 0.4) is 0 Å². The number of nitrogen functional groups attached to an aromatic ring is 1. The summed E-state index contributed by atoms with van der Waals surface area (Å²) >= 11 is 0. The molecule has 0 bridgehead atoms. The van der Waals surface area contributed by atoms with Gasteiger partial charge in [-0.1, -0.05) is 12.1 Å². The van der Waals surface area contributed by atoms with E-state index in [9.17, 15) is 23.1 Å². The van der Waals surface area contributed by atoms with E-state index in [0.29, 0.717) is 53.8 Å². The highest BCUT2D eigenvalue weighted by atomic mass is 19.4. The summed E-state index contributed by atoms with van der Waals surface area (Å²) < 4.78 is 42.2. The number of benzene rings is 1. The number of H-pyrrole nitrogens is 1. The van der Waals surface area contributed by atoms with Crippen LogP contribution in [0.15, 0.2) is 36.7 Å². The summed E-state index contributed by atoms with van der Waals surface area (Å²) in [5.41, 5.74) is 6.75. The number of nitrogens with zero attached hydrogens (tertiary/aromatic N) is 3. The molecule has 3 aromatic heterocycles. The summed E-state index contributed by atoms with van der Waals surface area (Å²) in [6.45, 7) is 0. The van der Waals surface area contributed by atoms with Gasteiger partial charge in [0.25, 0.3) is 0 Å². The number of para-hydroxylation sites is 1. The van der Waals surface area contributed by atoms with E-state index >= 15 is 0 Å². The van der Waals surface area contributed by atoms with Crippen molar-refractivity contribution in [2.45, 2.75) is 37.8 Å². The number of carbonyl (C=O) groups is 1. The lowest BCUT2D eigenvalue weighted by atomic mass is 9.81. The van der Waals surface area contributed by atoms with Crippen molar-refractivity contribution in [1.29, 1.82) is 0 Å². The molecule has 0 saturated heterocycles. The third-order valence-corrected chi connectivity index (χ3v) is 6.27. The lowest BCUT2D eigenvalue weighted by Gasteiger charge is -2.25. The number of carboxylic acids is 1. The van der Waals surface area contributed by atoms with E-state index in [0.717, 1.165) is 6.07 Å². The van der Waals surface area contributed by atoms with Crippen molar-refractivity contribution in [2.75, 3.05) is 5.73 Å². The van der Waals surface area contributed by atoms with E-state index in [-0.39, 0.29) is 23.2 Å². The molecule has 10 heteroatoms. The molecule has 1 aromatic carbocycles. The molecule has 3 heterocycles. The molecule has 1 saturated carbocycles. The van der Waals surface area contributed by atoms with Gasteiger partial charge >= 0.3 is 12.1 Å². The van der Waals surface area contributed by atoms with Gasteiger partial charge in [0, 0.05) is 23.7 Å². The predicted octanol–water partition coefficient (Wildman–Crippen LogP) is 4.84. The largest absolute Gasteiger partial charge is 0.481 e. The summed E-state index contributed by atoms with van der Waals surface area (Å²) in [7, 11) is 0. The van der Waals surface area contributed by atoms with Crippen LogP contribution in [0.1, 0.15) is 43.0 Å². The number of hydrogen-bond acceptors (Lipinski definition) is 4. The first-order chi connectivity index (χ1) is 15.2. The Morgan fingerprint density at radius 1 is 1.22 bits per heavy atom. The molecule has 0 spiro atoms. The van der Waals surface area contributed by atoms with Crippen molar-refractivity contribution in [3.63, 3.8) is 0 Å². The Kier molecular flexibility index (Phi) is 4.61. The molecule has 4 N–H and O–H groups in total. The molecule has 0 amide bonds. The zero-order valence-electron chi connectivity index (χ0n) is 16.9. The number of nitrogens with one attached hydrogen (secondary N) is 1. The zero-order chi connectivity index (χ0) is 22.6. The van der Waals surface area contributed by atoms with Crippen LogP contribution >= 0.6 is 0 Å². The standard InChI is InChI=1S/C22H20F3N5O2/c23-22(24,25)14-3-1-2-13-10-15(28-16(13)14)17-18-19(26)27-8-9-30(18)20(29-17)11-4-6-12(7-5-11)21(31)32/h1-3,8-12,28H,4-7H2,(H2,26,27)(H,31,32)/t11-,12-. The average Bonchev–Trinajstić information content (AvgIpc) is 3.35. The number of halogens is 3. The van der Waals surface area contributed by atoms with Crippen LogP contribution in [0.2, 0.25) is 0 Å². The first-order valence-electron chi connectivity index (χ1n) is 10.3. The van der Waals surface area contributed by atoms with E-state index in [4.69, 9.17) is 10.7 Å². The Hall–Kier alpha value is -3.56. The average molecular weight is 443 g/mol. The lowest BCUT2D eigenvalue weighted by Crippen LogP contribution is -2.21. The summed E-state index contributed by atoms with van der Waals surface area (Å²) in [6, 6.07) is 5.65. The lowest BCUT2D eigenvalue weighted by molar-refractivity contribution is -0.143. The van der Waals surface area contributed by atoms with E-state index in [1.54, 1.807) is 24.5 Å².